The minimum Gasteiger partial charge on any atom is -0.465 e. The number of carbonyl (C=O) groups is 1. The first-order chi connectivity index (χ1) is 9.65. The molecule has 1 N–H and O–H groups in total. The highest BCUT2D eigenvalue weighted by Gasteiger charge is 2.21. The number of hydrogen-bond acceptors (Lipinski definition) is 5. The van der Waals surface area contributed by atoms with Crippen molar-refractivity contribution in [3.05, 3.63) is 23.4 Å². The Hall–Kier alpha value is -1.62. The molecule has 20 heavy (non-hydrogen) atoms. The number of ether oxygens (including phenoxy) is 1. The van der Waals surface area contributed by atoms with Crippen LogP contribution in [0, 0.1) is 12.8 Å². The summed E-state index contributed by atoms with van der Waals surface area (Å²) < 4.78 is 4.73. The van der Waals surface area contributed by atoms with E-state index in [4.69, 9.17) is 9.84 Å². The highest BCUT2D eigenvalue weighted by Crippen LogP contribution is 2.24. The van der Waals surface area contributed by atoms with Crippen LogP contribution in [-0.4, -0.2) is 42.9 Å². The van der Waals surface area contributed by atoms with E-state index >= 15 is 0 Å². The first-order valence-electron chi connectivity index (χ1n) is 7.07. The molecule has 0 aliphatic carbocycles. The molecule has 1 unspecified atom stereocenters. The van der Waals surface area contributed by atoms with Gasteiger partial charge in [-0.3, -0.25) is 0 Å². The number of hydrogen-bond donors (Lipinski definition) is 1. The van der Waals surface area contributed by atoms with E-state index in [1.165, 1.54) is 7.11 Å². The molecule has 2 rings (SSSR count). The number of methoxy groups -OCH3 is 1. The van der Waals surface area contributed by atoms with Gasteiger partial charge in [-0.05, 0) is 44.2 Å². The summed E-state index contributed by atoms with van der Waals surface area (Å²) in [7, 11) is 1.37. The van der Waals surface area contributed by atoms with Gasteiger partial charge in [0.2, 0.25) is 0 Å². The molecule has 1 aromatic heterocycles. The predicted molar refractivity (Wildman–Crippen MR) is 77.0 cm³/mol. The van der Waals surface area contributed by atoms with Crippen molar-refractivity contribution in [3.8, 4) is 0 Å². The third-order valence-corrected chi connectivity index (χ3v) is 3.86. The summed E-state index contributed by atoms with van der Waals surface area (Å²) in [5, 5.41) is 9.06. The van der Waals surface area contributed by atoms with Crippen LogP contribution in [0.15, 0.2) is 12.1 Å². The van der Waals surface area contributed by atoms with Crippen LogP contribution in [0.3, 0.4) is 0 Å². The van der Waals surface area contributed by atoms with Gasteiger partial charge in [0.05, 0.1) is 18.4 Å². The molecule has 1 atom stereocenters. The van der Waals surface area contributed by atoms with Gasteiger partial charge in [0.15, 0.2) is 0 Å². The Kier molecular flexibility index (Phi) is 4.95. The van der Waals surface area contributed by atoms with Crippen molar-refractivity contribution in [1.82, 2.24) is 4.98 Å². The molecule has 1 fully saturated rings. The third-order valence-electron chi connectivity index (χ3n) is 3.86. The predicted octanol–water partition coefficient (Wildman–Crippen LogP) is 1.78. The van der Waals surface area contributed by atoms with Crippen LogP contribution in [0.5, 0.6) is 0 Å². The minimum absolute atomic E-state index is 0.242. The molecule has 0 radical (unpaired) electrons. The lowest BCUT2D eigenvalue weighted by Crippen LogP contribution is -2.36. The standard InChI is InChI=1S/C15H22N2O3/c1-11-13(15(19)20-2)5-6-14(16-11)17-8-3-4-12(10-17)7-9-18/h5-6,12,18H,3-4,7-10H2,1-2H3. The van der Waals surface area contributed by atoms with E-state index in [1.54, 1.807) is 6.07 Å². The SMILES string of the molecule is COC(=O)c1ccc(N2CCCC(CCO)C2)nc1C. The van der Waals surface area contributed by atoms with Gasteiger partial charge in [-0.2, -0.15) is 0 Å². The molecule has 1 aromatic rings. The highest BCUT2D eigenvalue weighted by molar-refractivity contribution is 5.90. The van der Waals surface area contributed by atoms with Crippen LogP contribution in [0.25, 0.3) is 0 Å². The molecule has 0 aromatic carbocycles. The smallest absolute Gasteiger partial charge is 0.339 e. The van der Waals surface area contributed by atoms with E-state index < -0.39 is 0 Å². The molecule has 0 saturated carbocycles. The number of anilines is 1. The summed E-state index contributed by atoms with van der Waals surface area (Å²) in [6.45, 7) is 3.97. The maximum atomic E-state index is 11.6. The summed E-state index contributed by atoms with van der Waals surface area (Å²) >= 11 is 0. The number of pyridine rings is 1. The van der Waals surface area contributed by atoms with Crippen LogP contribution in [0.1, 0.15) is 35.3 Å². The number of rotatable bonds is 4. The Morgan fingerprint density at radius 3 is 3.00 bits per heavy atom. The number of nitrogens with zero attached hydrogens (tertiary/aromatic N) is 2. The summed E-state index contributed by atoms with van der Waals surface area (Å²) in [6, 6.07) is 3.65. The zero-order chi connectivity index (χ0) is 14.5. The summed E-state index contributed by atoms with van der Waals surface area (Å²) in [5.74, 6) is 1.08. The Morgan fingerprint density at radius 1 is 1.55 bits per heavy atom. The zero-order valence-corrected chi connectivity index (χ0v) is 12.1. The largest absolute Gasteiger partial charge is 0.465 e. The quantitative estimate of drug-likeness (QED) is 0.851. The summed E-state index contributed by atoms with van der Waals surface area (Å²) in [5.41, 5.74) is 1.21. The third kappa shape index (κ3) is 3.28. The Morgan fingerprint density at radius 2 is 2.35 bits per heavy atom. The lowest BCUT2D eigenvalue weighted by Gasteiger charge is -2.33. The Balaban J connectivity index is 2.12. The molecule has 2 heterocycles. The van der Waals surface area contributed by atoms with Crippen LogP contribution >= 0.6 is 0 Å². The topological polar surface area (TPSA) is 62.7 Å². The van der Waals surface area contributed by atoms with Gasteiger partial charge in [0.25, 0.3) is 0 Å². The van der Waals surface area contributed by atoms with Crippen molar-refractivity contribution in [2.24, 2.45) is 5.92 Å². The van der Waals surface area contributed by atoms with Gasteiger partial charge in [-0.25, -0.2) is 9.78 Å². The van der Waals surface area contributed by atoms with Gasteiger partial charge in [0, 0.05) is 19.7 Å². The number of aliphatic hydroxyl groups is 1. The van der Waals surface area contributed by atoms with E-state index in [0.717, 1.165) is 38.2 Å². The Labute approximate surface area is 119 Å². The van der Waals surface area contributed by atoms with E-state index in [1.807, 2.05) is 13.0 Å². The van der Waals surface area contributed by atoms with Gasteiger partial charge >= 0.3 is 5.97 Å². The molecule has 1 saturated heterocycles. The molecular formula is C15H22N2O3. The van der Waals surface area contributed by atoms with Crippen molar-refractivity contribution in [3.63, 3.8) is 0 Å². The van der Waals surface area contributed by atoms with E-state index in [-0.39, 0.29) is 12.6 Å². The van der Waals surface area contributed by atoms with Crippen LogP contribution in [0.2, 0.25) is 0 Å². The Bertz CT molecular complexity index is 474. The second kappa shape index (κ2) is 6.70. The molecule has 0 spiro atoms. The number of piperidine rings is 1. The number of aryl methyl sites for hydroxylation is 1. The molecule has 5 nitrogen and oxygen atoms in total. The number of aliphatic hydroxyl groups excluding tert-OH is 1. The fraction of sp³-hybridized carbons (Fsp3) is 0.600. The lowest BCUT2D eigenvalue weighted by atomic mass is 9.95. The lowest BCUT2D eigenvalue weighted by molar-refractivity contribution is 0.0599. The molecule has 0 amide bonds. The second-order valence-electron chi connectivity index (χ2n) is 5.26. The number of aromatic nitrogens is 1. The van der Waals surface area contributed by atoms with Crippen molar-refractivity contribution < 1.29 is 14.6 Å². The second-order valence-corrected chi connectivity index (χ2v) is 5.26. The van der Waals surface area contributed by atoms with Crippen LogP contribution in [0.4, 0.5) is 5.82 Å². The fourth-order valence-electron chi connectivity index (χ4n) is 2.74. The van der Waals surface area contributed by atoms with E-state index in [0.29, 0.717) is 17.2 Å². The van der Waals surface area contributed by atoms with Crippen molar-refractivity contribution in [2.75, 3.05) is 31.7 Å². The molecule has 1 aliphatic heterocycles. The van der Waals surface area contributed by atoms with Crippen molar-refractivity contribution in [2.45, 2.75) is 26.2 Å². The highest BCUT2D eigenvalue weighted by atomic mass is 16.5. The van der Waals surface area contributed by atoms with Crippen molar-refractivity contribution >= 4 is 11.8 Å². The fourth-order valence-corrected chi connectivity index (χ4v) is 2.74. The van der Waals surface area contributed by atoms with E-state index in [9.17, 15) is 4.79 Å². The minimum atomic E-state index is -0.349. The monoisotopic (exact) mass is 278 g/mol. The maximum Gasteiger partial charge on any atom is 0.339 e. The average Bonchev–Trinajstić information content (AvgIpc) is 2.47. The normalized spacial score (nSPS) is 18.9. The summed E-state index contributed by atoms with van der Waals surface area (Å²) in [4.78, 5) is 18.3. The van der Waals surface area contributed by atoms with Gasteiger partial charge in [-0.1, -0.05) is 0 Å². The van der Waals surface area contributed by atoms with Gasteiger partial charge in [-0.15, -0.1) is 0 Å². The molecular weight excluding hydrogens is 256 g/mol. The molecule has 0 bridgehead atoms. The van der Waals surface area contributed by atoms with Crippen LogP contribution < -0.4 is 4.90 Å². The van der Waals surface area contributed by atoms with Crippen molar-refractivity contribution in [1.29, 1.82) is 0 Å². The number of esters is 1. The average molecular weight is 278 g/mol. The first kappa shape index (κ1) is 14.8. The van der Waals surface area contributed by atoms with E-state index in [2.05, 4.69) is 9.88 Å². The van der Waals surface area contributed by atoms with Gasteiger partial charge in [0.1, 0.15) is 5.82 Å². The summed E-state index contributed by atoms with van der Waals surface area (Å²) in [6.07, 6.45) is 3.12. The zero-order valence-electron chi connectivity index (χ0n) is 12.1. The molecule has 5 heteroatoms. The maximum absolute atomic E-state index is 11.6. The first-order valence-corrected chi connectivity index (χ1v) is 7.07. The number of carbonyl (C=O) groups excluding carboxylic acids is 1. The van der Waals surface area contributed by atoms with Crippen LogP contribution in [-0.2, 0) is 4.74 Å². The molecule has 110 valence electrons. The van der Waals surface area contributed by atoms with Gasteiger partial charge < -0.3 is 14.7 Å². The molecule has 1 aliphatic rings.